The molecule has 26 heavy (non-hydrogen) atoms. The van der Waals surface area contributed by atoms with E-state index in [0.717, 1.165) is 11.1 Å². The Hall–Kier alpha value is -2.73. The number of amides is 1. The average Bonchev–Trinajstić information content (AvgIpc) is 3.04. The van der Waals surface area contributed by atoms with Crippen LogP contribution in [-0.2, 0) is 17.8 Å². The van der Waals surface area contributed by atoms with Gasteiger partial charge in [-0.15, -0.1) is 10.2 Å². The zero-order valence-electron chi connectivity index (χ0n) is 14.7. The van der Waals surface area contributed by atoms with Gasteiger partial charge in [-0.1, -0.05) is 53.6 Å². The highest BCUT2D eigenvalue weighted by Gasteiger charge is 2.12. The Balaban J connectivity index is 1.55. The highest BCUT2D eigenvalue weighted by molar-refractivity contribution is 6.30. The van der Waals surface area contributed by atoms with Gasteiger partial charge in [0.15, 0.2) is 5.82 Å². The van der Waals surface area contributed by atoms with E-state index < -0.39 is 0 Å². The van der Waals surface area contributed by atoms with Gasteiger partial charge in [0, 0.05) is 11.4 Å². The van der Waals surface area contributed by atoms with Crippen LogP contribution in [0, 0.1) is 6.92 Å². The zero-order valence-corrected chi connectivity index (χ0v) is 15.4. The van der Waals surface area contributed by atoms with Crippen molar-refractivity contribution < 1.29 is 4.79 Å². The number of nitrogens with zero attached hydrogens (tertiary/aromatic N) is 4. The molecule has 3 aromatic rings. The Labute approximate surface area is 157 Å². The minimum Gasteiger partial charge on any atom is -0.348 e. The summed E-state index contributed by atoms with van der Waals surface area (Å²) < 4.78 is 0. The van der Waals surface area contributed by atoms with Gasteiger partial charge in [-0.3, -0.25) is 4.79 Å². The maximum atomic E-state index is 12.2. The van der Waals surface area contributed by atoms with Crippen molar-refractivity contribution in [3.63, 3.8) is 0 Å². The van der Waals surface area contributed by atoms with E-state index in [-0.39, 0.29) is 18.5 Å². The molecular weight excluding hydrogens is 350 g/mol. The molecule has 0 unspecified atom stereocenters. The summed E-state index contributed by atoms with van der Waals surface area (Å²) in [4.78, 5) is 13.5. The number of tetrazole rings is 1. The van der Waals surface area contributed by atoms with E-state index in [4.69, 9.17) is 11.6 Å². The third-order valence-electron chi connectivity index (χ3n) is 4.01. The van der Waals surface area contributed by atoms with Gasteiger partial charge in [0.1, 0.15) is 6.54 Å². The molecule has 0 bridgehead atoms. The quantitative estimate of drug-likeness (QED) is 0.724. The predicted octanol–water partition coefficient (Wildman–Crippen LogP) is 3.10. The first-order valence-electron chi connectivity index (χ1n) is 8.36. The lowest BCUT2D eigenvalue weighted by Crippen LogP contribution is -2.30. The lowest BCUT2D eigenvalue weighted by atomic mass is 10.1. The summed E-state index contributed by atoms with van der Waals surface area (Å²) in [7, 11) is 0. The van der Waals surface area contributed by atoms with Crippen LogP contribution in [0.25, 0.3) is 0 Å². The Bertz CT molecular complexity index is 874. The Kier molecular flexibility index (Phi) is 5.63. The van der Waals surface area contributed by atoms with Gasteiger partial charge < -0.3 is 5.32 Å². The number of carbonyl (C=O) groups excluding carboxylic acids is 1. The minimum absolute atomic E-state index is 0.0266. The monoisotopic (exact) mass is 369 g/mol. The standard InChI is InChI=1S/C19H20ClN5O/c1-13-3-5-15(6-4-13)11-18-22-24-25(23-18)12-19(26)21-14(2)16-7-9-17(20)10-8-16/h3-10,14H,11-12H2,1-2H3,(H,21,26)/t14-/m1/s1. The summed E-state index contributed by atoms with van der Waals surface area (Å²) in [6.07, 6.45) is 0.586. The van der Waals surface area contributed by atoms with Gasteiger partial charge in [-0.25, -0.2) is 0 Å². The molecule has 0 spiro atoms. The molecule has 0 aliphatic heterocycles. The van der Waals surface area contributed by atoms with Crippen molar-refractivity contribution in [2.24, 2.45) is 0 Å². The highest BCUT2D eigenvalue weighted by atomic mass is 35.5. The van der Waals surface area contributed by atoms with Gasteiger partial charge in [-0.2, -0.15) is 4.80 Å². The Morgan fingerprint density at radius 3 is 2.54 bits per heavy atom. The van der Waals surface area contributed by atoms with Crippen LogP contribution in [0.5, 0.6) is 0 Å². The fourth-order valence-corrected chi connectivity index (χ4v) is 2.68. The molecule has 0 saturated carbocycles. The largest absolute Gasteiger partial charge is 0.348 e. The number of carbonyl (C=O) groups is 1. The number of rotatable bonds is 6. The predicted molar refractivity (Wildman–Crippen MR) is 99.8 cm³/mol. The molecule has 0 aliphatic carbocycles. The van der Waals surface area contributed by atoms with Gasteiger partial charge in [0.05, 0.1) is 6.04 Å². The average molecular weight is 370 g/mol. The summed E-state index contributed by atoms with van der Waals surface area (Å²) in [5.41, 5.74) is 3.29. The Morgan fingerprint density at radius 1 is 1.15 bits per heavy atom. The number of aromatic nitrogens is 4. The lowest BCUT2D eigenvalue weighted by Gasteiger charge is -2.14. The molecule has 134 valence electrons. The van der Waals surface area contributed by atoms with Gasteiger partial charge in [0.2, 0.25) is 5.91 Å². The van der Waals surface area contributed by atoms with Crippen LogP contribution in [0.15, 0.2) is 48.5 Å². The fourth-order valence-electron chi connectivity index (χ4n) is 2.55. The van der Waals surface area contributed by atoms with E-state index >= 15 is 0 Å². The van der Waals surface area contributed by atoms with Crippen LogP contribution in [0.3, 0.4) is 0 Å². The normalized spacial score (nSPS) is 12.0. The van der Waals surface area contributed by atoms with Crippen LogP contribution < -0.4 is 5.32 Å². The highest BCUT2D eigenvalue weighted by Crippen LogP contribution is 2.16. The minimum atomic E-state index is -0.174. The summed E-state index contributed by atoms with van der Waals surface area (Å²) in [6.45, 7) is 3.99. The zero-order chi connectivity index (χ0) is 18.5. The first kappa shape index (κ1) is 18.1. The van der Waals surface area contributed by atoms with Crippen LogP contribution in [0.1, 0.15) is 35.5 Å². The van der Waals surface area contributed by atoms with Crippen molar-refractivity contribution in [2.45, 2.75) is 32.9 Å². The molecule has 3 rings (SSSR count). The molecule has 1 atom stereocenters. The second kappa shape index (κ2) is 8.10. The van der Waals surface area contributed by atoms with Gasteiger partial charge >= 0.3 is 0 Å². The summed E-state index contributed by atoms with van der Waals surface area (Å²) in [5.74, 6) is 0.416. The fraction of sp³-hybridized carbons (Fsp3) is 0.263. The first-order chi connectivity index (χ1) is 12.5. The van der Waals surface area contributed by atoms with Gasteiger partial charge in [-0.05, 0) is 42.3 Å². The van der Waals surface area contributed by atoms with E-state index in [1.54, 1.807) is 12.1 Å². The van der Waals surface area contributed by atoms with Crippen LogP contribution in [0.2, 0.25) is 5.02 Å². The molecule has 1 amide bonds. The van der Waals surface area contributed by atoms with Crippen molar-refractivity contribution in [3.05, 3.63) is 76.1 Å². The van der Waals surface area contributed by atoms with Crippen LogP contribution in [-0.4, -0.2) is 26.1 Å². The number of aryl methyl sites for hydroxylation is 1. The van der Waals surface area contributed by atoms with Crippen molar-refractivity contribution in [1.29, 1.82) is 0 Å². The Morgan fingerprint density at radius 2 is 1.85 bits per heavy atom. The summed E-state index contributed by atoms with van der Waals surface area (Å²) in [5, 5.41) is 15.8. The van der Waals surface area contributed by atoms with Crippen molar-refractivity contribution in [3.8, 4) is 0 Å². The van der Waals surface area contributed by atoms with Crippen molar-refractivity contribution in [2.75, 3.05) is 0 Å². The van der Waals surface area contributed by atoms with Crippen molar-refractivity contribution in [1.82, 2.24) is 25.5 Å². The second-order valence-electron chi connectivity index (χ2n) is 6.24. The number of nitrogens with one attached hydrogen (secondary N) is 1. The molecule has 7 heteroatoms. The van der Waals surface area contributed by atoms with E-state index in [1.807, 2.05) is 50.2 Å². The molecule has 6 nitrogen and oxygen atoms in total. The molecule has 0 radical (unpaired) electrons. The molecule has 0 fully saturated rings. The van der Waals surface area contributed by atoms with Crippen LogP contribution in [0.4, 0.5) is 0 Å². The van der Waals surface area contributed by atoms with E-state index in [2.05, 4.69) is 20.7 Å². The molecule has 1 heterocycles. The summed E-state index contributed by atoms with van der Waals surface area (Å²) >= 11 is 5.88. The third-order valence-corrected chi connectivity index (χ3v) is 4.26. The van der Waals surface area contributed by atoms with Crippen molar-refractivity contribution >= 4 is 17.5 Å². The SMILES string of the molecule is Cc1ccc(Cc2nnn(CC(=O)N[C@H](C)c3ccc(Cl)cc3)n2)cc1. The van der Waals surface area contributed by atoms with Gasteiger partial charge in [0.25, 0.3) is 0 Å². The molecule has 0 saturated heterocycles. The molecular formula is C19H20ClN5O. The molecule has 0 aliphatic rings. The molecule has 1 N–H and O–H groups in total. The number of benzene rings is 2. The number of hydrogen-bond acceptors (Lipinski definition) is 4. The number of hydrogen-bond donors (Lipinski definition) is 1. The second-order valence-corrected chi connectivity index (χ2v) is 6.68. The third kappa shape index (κ3) is 4.89. The van der Waals surface area contributed by atoms with E-state index in [1.165, 1.54) is 10.4 Å². The van der Waals surface area contributed by atoms with Crippen LogP contribution >= 0.6 is 11.6 Å². The smallest absolute Gasteiger partial charge is 0.244 e. The maximum Gasteiger partial charge on any atom is 0.244 e. The maximum absolute atomic E-state index is 12.2. The van der Waals surface area contributed by atoms with E-state index in [9.17, 15) is 4.79 Å². The number of halogens is 1. The summed E-state index contributed by atoms with van der Waals surface area (Å²) in [6, 6.07) is 15.4. The first-order valence-corrected chi connectivity index (χ1v) is 8.74. The lowest BCUT2D eigenvalue weighted by molar-refractivity contribution is -0.122. The molecule has 2 aromatic carbocycles. The van der Waals surface area contributed by atoms with E-state index in [0.29, 0.717) is 17.3 Å². The topological polar surface area (TPSA) is 72.7 Å². The molecule has 1 aromatic heterocycles.